The highest BCUT2D eigenvalue weighted by atomic mass is 79.9. The zero-order valence-corrected chi connectivity index (χ0v) is 18.5. The minimum absolute atomic E-state index is 0.0107. The Hall–Kier alpha value is -1.66. The number of thiazole rings is 1. The van der Waals surface area contributed by atoms with Crippen molar-refractivity contribution in [2.45, 2.75) is 43.5 Å². The van der Waals surface area contributed by atoms with E-state index in [0.717, 1.165) is 17.4 Å². The maximum atomic E-state index is 13.1. The molecular weight excluding hydrogens is 495 g/mol. The molecule has 2 aromatic rings. The number of alkyl halides is 3. The second-order valence-corrected chi connectivity index (χ2v) is 10.8. The van der Waals surface area contributed by atoms with E-state index in [1.807, 2.05) is 0 Å². The lowest BCUT2D eigenvalue weighted by Gasteiger charge is -2.22. The van der Waals surface area contributed by atoms with Crippen LogP contribution in [0.15, 0.2) is 28.1 Å². The molecule has 0 spiro atoms. The predicted molar refractivity (Wildman–Crippen MR) is 108 cm³/mol. The van der Waals surface area contributed by atoms with Crippen molar-refractivity contribution in [1.82, 2.24) is 4.98 Å². The van der Waals surface area contributed by atoms with Gasteiger partial charge in [0.25, 0.3) is 0 Å². The molecule has 0 aliphatic heterocycles. The van der Waals surface area contributed by atoms with Crippen LogP contribution in [0.25, 0.3) is 0 Å². The van der Waals surface area contributed by atoms with Gasteiger partial charge in [0.2, 0.25) is 15.9 Å². The highest BCUT2D eigenvalue weighted by Gasteiger charge is 2.38. The van der Waals surface area contributed by atoms with E-state index < -0.39 is 38.3 Å². The second kappa shape index (κ2) is 7.55. The fraction of sp³-hybridized carbons (Fsp3) is 0.412. The van der Waals surface area contributed by atoms with Crippen LogP contribution in [-0.4, -0.2) is 24.6 Å². The number of aromatic nitrogens is 1. The lowest BCUT2D eigenvalue weighted by Crippen LogP contribution is -2.35. The van der Waals surface area contributed by atoms with Crippen LogP contribution in [0.3, 0.4) is 0 Å². The van der Waals surface area contributed by atoms with Crippen LogP contribution < -0.4 is 10.0 Å². The third-order valence-corrected chi connectivity index (χ3v) is 7.84. The molecular formula is C17H17BrF3N3O3S2. The summed E-state index contributed by atoms with van der Waals surface area (Å²) in [6.07, 6.45) is -3.36. The summed E-state index contributed by atoms with van der Waals surface area (Å²) in [7, 11) is -3.48. The maximum Gasteiger partial charge on any atom is 0.417 e. The molecule has 1 fully saturated rings. The molecule has 1 amide bonds. The van der Waals surface area contributed by atoms with Crippen molar-refractivity contribution in [2.24, 2.45) is 0 Å². The summed E-state index contributed by atoms with van der Waals surface area (Å²) >= 11 is 3.90. The standard InChI is InChI=1S/C17H17BrF3N3O3S2/c1-16(2,13-8-28-15(23-13)24-29(26,27)10-4-5-10)14(25)22-9-3-6-12(18)11(7-9)17(19,20)21/h3,6-8,10H,4-5H2,1-2H3,(H,22,25)(H,23,24). The number of anilines is 2. The highest BCUT2D eigenvalue weighted by molar-refractivity contribution is 9.10. The van der Waals surface area contributed by atoms with Gasteiger partial charge in [0.05, 0.1) is 21.9 Å². The molecule has 3 rings (SSSR count). The minimum Gasteiger partial charge on any atom is -0.325 e. The minimum atomic E-state index is -4.57. The number of hydrogen-bond acceptors (Lipinski definition) is 5. The molecule has 0 atom stereocenters. The summed E-state index contributed by atoms with van der Waals surface area (Å²) in [4.78, 5) is 16.9. The molecule has 1 heterocycles. The van der Waals surface area contributed by atoms with E-state index in [1.54, 1.807) is 19.2 Å². The number of hydrogen-bond donors (Lipinski definition) is 2. The van der Waals surface area contributed by atoms with Gasteiger partial charge in [-0.3, -0.25) is 9.52 Å². The van der Waals surface area contributed by atoms with Crippen LogP contribution >= 0.6 is 27.3 Å². The van der Waals surface area contributed by atoms with Crippen molar-refractivity contribution < 1.29 is 26.4 Å². The monoisotopic (exact) mass is 511 g/mol. The third kappa shape index (κ3) is 4.92. The Morgan fingerprint density at radius 1 is 1.28 bits per heavy atom. The Bertz CT molecular complexity index is 1050. The number of sulfonamides is 1. The fourth-order valence-corrected chi connectivity index (χ4v) is 5.36. The van der Waals surface area contributed by atoms with Gasteiger partial charge in [-0.05, 0) is 44.9 Å². The number of nitrogens with zero attached hydrogens (tertiary/aromatic N) is 1. The molecule has 2 N–H and O–H groups in total. The Morgan fingerprint density at radius 2 is 1.93 bits per heavy atom. The number of nitrogens with one attached hydrogen (secondary N) is 2. The van der Waals surface area contributed by atoms with Crippen LogP contribution in [0.1, 0.15) is 37.9 Å². The second-order valence-electron chi connectivity index (χ2n) is 7.16. The molecule has 1 aliphatic rings. The Morgan fingerprint density at radius 3 is 2.52 bits per heavy atom. The lowest BCUT2D eigenvalue weighted by molar-refractivity contribution is -0.138. The summed E-state index contributed by atoms with van der Waals surface area (Å²) in [5, 5.41) is 3.76. The molecule has 1 saturated carbocycles. The molecule has 6 nitrogen and oxygen atoms in total. The topological polar surface area (TPSA) is 88.2 Å². The van der Waals surface area contributed by atoms with Crippen LogP contribution in [0.5, 0.6) is 0 Å². The largest absolute Gasteiger partial charge is 0.417 e. The van der Waals surface area contributed by atoms with E-state index in [0.29, 0.717) is 18.5 Å². The smallest absolute Gasteiger partial charge is 0.325 e. The highest BCUT2D eigenvalue weighted by Crippen LogP contribution is 2.37. The molecule has 29 heavy (non-hydrogen) atoms. The Balaban J connectivity index is 1.77. The molecule has 158 valence electrons. The van der Waals surface area contributed by atoms with Gasteiger partial charge in [-0.2, -0.15) is 13.2 Å². The SMILES string of the molecule is CC(C)(C(=O)Nc1ccc(Br)c(C(F)(F)F)c1)c1csc(NS(=O)(=O)C2CC2)n1. The van der Waals surface area contributed by atoms with Crippen LogP contribution in [-0.2, 0) is 26.4 Å². The van der Waals surface area contributed by atoms with Crippen LogP contribution in [0.2, 0.25) is 0 Å². The molecule has 1 aliphatic carbocycles. The van der Waals surface area contributed by atoms with E-state index in [4.69, 9.17) is 0 Å². The summed E-state index contributed by atoms with van der Waals surface area (Å²) in [6, 6.07) is 3.40. The molecule has 0 radical (unpaired) electrons. The maximum absolute atomic E-state index is 13.1. The van der Waals surface area contributed by atoms with Gasteiger partial charge in [0, 0.05) is 15.5 Å². The van der Waals surface area contributed by atoms with Crippen molar-refractivity contribution in [3.63, 3.8) is 0 Å². The van der Waals surface area contributed by atoms with Crippen molar-refractivity contribution in [3.05, 3.63) is 39.3 Å². The van der Waals surface area contributed by atoms with Crippen LogP contribution in [0, 0.1) is 0 Å². The summed E-state index contributed by atoms with van der Waals surface area (Å²) in [5.41, 5.74) is -1.81. The molecule has 1 aromatic heterocycles. The van der Waals surface area contributed by atoms with Crippen molar-refractivity contribution >= 4 is 54.0 Å². The number of rotatable bonds is 6. The van der Waals surface area contributed by atoms with Gasteiger partial charge >= 0.3 is 6.18 Å². The van der Waals surface area contributed by atoms with E-state index in [9.17, 15) is 26.4 Å². The van der Waals surface area contributed by atoms with Crippen molar-refractivity contribution in [3.8, 4) is 0 Å². The average molecular weight is 512 g/mol. The van der Waals surface area contributed by atoms with Gasteiger partial charge in [-0.15, -0.1) is 11.3 Å². The van der Waals surface area contributed by atoms with Gasteiger partial charge in [0.1, 0.15) is 0 Å². The van der Waals surface area contributed by atoms with E-state index in [2.05, 4.69) is 31.0 Å². The summed E-state index contributed by atoms with van der Waals surface area (Å²) in [5.74, 6) is -0.574. The number of benzene rings is 1. The quantitative estimate of drug-likeness (QED) is 0.585. The molecule has 0 saturated heterocycles. The first kappa shape index (κ1) is 22.0. The number of carbonyl (C=O) groups excluding carboxylic acids is 1. The molecule has 12 heteroatoms. The molecule has 1 aromatic carbocycles. The summed E-state index contributed by atoms with van der Waals surface area (Å²) in [6.45, 7) is 3.11. The average Bonchev–Trinajstić information content (AvgIpc) is 3.36. The number of amides is 1. The van der Waals surface area contributed by atoms with Gasteiger partial charge in [-0.25, -0.2) is 13.4 Å². The fourth-order valence-electron chi connectivity index (χ4n) is 2.41. The zero-order chi connectivity index (χ0) is 21.6. The first-order chi connectivity index (χ1) is 13.3. The Labute approximate surface area is 178 Å². The number of halogens is 4. The summed E-state index contributed by atoms with van der Waals surface area (Å²) < 4.78 is 65.5. The molecule has 0 unspecified atom stereocenters. The van der Waals surface area contributed by atoms with E-state index >= 15 is 0 Å². The lowest BCUT2D eigenvalue weighted by atomic mass is 9.89. The first-order valence-electron chi connectivity index (χ1n) is 8.46. The van der Waals surface area contributed by atoms with Gasteiger partial charge in [0.15, 0.2) is 5.13 Å². The van der Waals surface area contributed by atoms with Crippen molar-refractivity contribution in [2.75, 3.05) is 10.0 Å². The van der Waals surface area contributed by atoms with Gasteiger partial charge in [-0.1, -0.05) is 15.9 Å². The first-order valence-corrected chi connectivity index (χ1v) is 11.7. The van der Waals surface area contributed by atoms with E-state index in [-0.39, 0.29) is 15.3 Å². The Kier molecular flexibility index (Phi) is 5.73. The number of carbonyl (C=O) groups is 1. The van der Waals surface area contributed by atoms with E-state index in [1.165, 1.54) is 12.1 Å². The normalized spacial score (nSPS) is 15.2. The van der Waals surface area contributed by atoms with Gasteiger partial charge < -0.3 is 5.32 Å². The van der Waals surface area contributed by atoms with Crippen LogP contribution in [0.4, 0.5) is 24.0 Å². The molecule has 0 bridgehead atoms. The third-order valence-electron chi connectivity index (χ3n) is 4.43. The zero-order valence-electron chi connectivity index (χ0n) is 15.3. The predicted octanol–water partition coefficient (Wildman–Crippen LogP) is 4.74. The van der Waals surface area contributed by atoms with Crippen molar-refractivity contribution in [1.29, 1.82) is 0 Å².